The molecule has 5 N–H and O–H groups in total. The molecule has 0 bridgehead atoms. The number of nitrogens with zero attached hydrogens (tertiary/aromatic N) is 1. The van der Waals surface area contributed by atoms with E-state index < -0.39 is 23.6 Å². The van der Waals surface area contributed by atoms with Gasteiger partial charge >= 0.3 is 0 Å². The first kappa shape index (κ1) is 14.0. The van der Waals surface area contributed by atoms with Crippen LogP contribution in [0.3, 0.4) is 0 Å². The van der Waals surface area contributed by atoms with Crippen molar-refractivity contribution in [1.29, 1.82) is 5.26 Å². The van der Waals surface area contributed by atoms with Gasteiger partial charge in [-0.05, 0) is 11.6 Å². The van der Waals surface area contributed by atoms with Gasteiger partial charge in [-0.2, -0.15) is 5.26 Å². The molecule has 0 unspecified atom stereocenters. The number of carbonyl (C=O) groups is 1. The van der Waals surface area contributed by atoms with Crippen LogP contribution in [0.5, 0.6) is 0 Å². The van der Waals surface area contributed by atoms with Gasteiger partial charge < -0.3 is 16.8 Å². The number of nitriles is 1. The molecule has 2 atom stereocenters. The van der Waals surface area contributed by atoms with Crippen molar-refractivity contribution in [3.63, 3.8) is 0 Å². The number of carbonyl (C=O) groups excluding carboxylic acids is 1. The van der Waals surface area contributed by atoms with E-state index in [1.807, 2.05) is 6.07 Å². The Bertz CT molecular complexity index is 665. The first-order valence-electron chi connectivity index (χ1n) is 5.71. The smallest absolute Gasteiger partial charge is 0.228 e. The molecule has 0 aliphatic carbocycles. The minimum absolute atomic E-state index is 0.0169. The summed E-state index contributed by atoms with van der Waals surface area (Å²) in [6.45, 7) is 0. The van der Waals surface area contributed by atoms with Gasteiger partial charge in [-0.15, -0.1) is 0 Å². The second-order valence-electron chi connectivity index (χ2n) is 4.31. The fourth-order valence-corrected chi connectivity index (χ4v) is 2.61. The molecule has 2 rings (SSSR count). The molecule has 5 nitrogen and oxygen atoms in total. The van der Waals surface area contributed by atoms with Crippen LogP contribution in [0.2, 0.25) is 0 Å². The summed E-state index contributed by atoms with van der Waals surface area (Å²) >= 11 is 5.04. The predicted octanol–water partition coefficient (Wildman–Crippen LogP) is 0.635. The number of halogens is 1. The van der Waals surface area contributed by atoms with Gasteiger partial charge in [0.2, 0.25) is 5.91 Å². The fourth-order valence-electron chi connectivity index (χ4n) is 2.25. The third-order valence-corrected chi connectivity index (χ3v) is 3.50. The topological polar surface area (TPSA) is 105 Å². The molecule has 7 heteroatoms. The zero-order valence-corrected chi connectivity index (χ0v) is 11.1. The van der Waals surface area contributed by atoms with Crippen LogP contribution >= 0.6 is 12.2 Å². The number of thiocarbonyl (C=S) groups is 1. The van der Waals surface area contributed by atoms with Crippen molar-refractivity contribution < 1.29 is 9.18 Å². The average Bonchev–Trinajstić information content (AvgIpc) is 2.38. The molecule has 1 aromatic rings. The predicted molar refractivity (Wildman–Crippen MR) is 74.4 cm³/mol. The number of nitrogens with one attached hydrogen (secondary N) is 1. The van der Waals surface area contributed by atoms with Gasteiger partial charge in [0.15, 0.2) is 0 Å². The van der Waals surface area contributed by atoms with Crippen molar-refractivity contribution in [3.05, 3.63) is 47.0 Å². The van der Waals surface area contributed by atoms with Crippen molar-refractivity contribution in [2.24, 2.45) is 17.4 Å². The summed E-state index contributed by atoms with van der Waals surface area (Å²) in [7, 11) is 0. The Morgan fingerprint density at radius 2 is 2.10 bits per heavy atom. The van der Waals surface area contributed by atoms with E-state index in [2.05, 4.69) is 5.32 Å². The highest BCUT2D eigenvalue weighted by molar-refractivity contribution is 7.80. The SMILES string of the molecule is N#CC1=C(N)NC(=S)[C@H](C(N)=O)[C@@H]1c1ccccc1F. The lowest BCUT2D eigenvalue weighted by Crippen LogP contribution is -2.47. The maximum Gasteiger partial charge on any atom is 0.228 e. The zero-order chi connectivity index (χ0) is 14.9. The molecular formula is C13H11FN4OS. The monoisotopic (exact) mass is 290 g/mol. The Labute approximate surface area is 120 Å². The van der Waals surface area contributed by atoms with Crippen molar-refractivity contribution in [1.82, 2.24) is 5.32 Å². The highest BCUT2D eigenvalue weighted by Crippen LogP contribution is 2.37. The largest absolute Gasteiger partial charge is 0.384 e. The molecule has 0 saturated heterocycles. The van der Waals surface area contributed by atoms with Crippen LogP contribution in [0.15, 0.2) is 35.7 Å². The molecule has 1 heterocycles. The maximum absolute atomic E-state index is 14.0. The second kappa shape index (κ2) is 5.27. The van der Waals surface area contributed by atoms with E-state index in [9.17, 15) is 14.4 Å². The number of amides is 1. The first-order chi connectivity index (χ1) is 9.47. The van der Waals surface area contributed by atoms with E-state index >= 15 is 0 Å². The van der Waals surface area contributed by atoms with E-state index in [-0.39, 0.29) is 21.9 Å². The normalized spacial score (nSPS) is 22.1. The van der Waals surface area contributed by atoms with E-state index in [1.54, 1.807) is 6.07 Å². The molecule has 20 heavy (non-hydrogen) atoms. The minimum atomic E-state index is -1.01. The quantitative estimate of drug-likeness (QED) is 0.693. The Morgan fingerprint density at radius 1 is 1.45 bits per heavy atom. The van der Waals surface area contributed by atoms with Crippen molar-refractivity contribution in [3.8, 4) is 6.07 Å². The minimum Gasteiger partial charge on any atom is -0.384 e. The first-order valence-corrected chi connectivity index (χ1v) is 6.12. The van der Waals surface area contributed by atoms with Gasteiger partial charge in [0.05, 0.1) is 16.6 Å². The summed E-state index contributed by atoms with van der Waals surface area (Å²) in [5.41, 5.74) is 11.3. The lowest BCUT2D eigenvalue weighted by molar-refractivity contribution is -0.120. The van der Waals surface area contributed by atoms with Crippen LogP contribution in [0.25, 0.3) is 0 Å². The average molecular weight is 290 g/mol. The van der Waals surface area contributed by atoms with Crippen LogP contribution in [0.1, 0.15) is 11.5 Å². The standard InChI is InChI=1S/C13H11FN4OS/c14-8-4-2-1-3-6(8)9-7(5-15)11(16)18-13(20)10(9)12(17)19/h1-4,9-10H,16H2,(H2,17,19)(H,18,20)/t9-,10+/m1/s1. The molecular weight excluding hydrogens is 279 g/mol. The molecule has 0 aromatic heterocycles. The van der Waals surface area contributed by atoms with Crippen molar-refractivity contribution in [2.45, 2.75) is 5.92 Å². The Kier molecular flexibility index (Phi) is 3.68. The Balaban J connectivity index is 2.68. The number of primary amides is 1. The van der Waals surface area contributed by atoms with E-state index in [1.165, 1.54) is 18.2 Å². The molecule has 1 amide bonds. The van der Waals surface area contributed by atoms with Crippen LogP contribution in [0, 0.1) is 23.1 Å². The Morgan fingerprint density at radius 3 is 2.65 bits per heavy atom. The fraction of sp³-hybridized carbons (Fsp3) is 0.154. The zero-order valence-electron chi connectivity index (χ0n) is 10.3. The van der Waals surface area contributed by atoms with Crippen LogP contribution in [-0.2, 0) is 4.79 Å². The third-order valence-electron chi connectivity index (χ3n) is 3.14. The van der Waals surface area contributed by atoms with Gasteiger partial charge in [-0.25, -0.2) is 4.39 Å². The Hall–Kier alpha value is -2.46. The maximum atomic E-state index is 14.0. The molecule has 1 aromatic carbocycles. The van der Waals surface area contributed by atoms with Gasteiger partial charge in [0.1, 0.15) is 17.6 Å². The highest BCUT2D eigenvalue weighted by Gasteiger charge is 2.40. The lowest BCUT2D eigenvalue weighted by atomic mass is 9.78. The summed E-state index contributed by atoms with van der Waals surface area (Å²) in [4.78, 5) is 11.7. The van der Waals surface area contributed by atoms with Crippen LogP contribution < -0.4 is 16.8 Å². The number of hydrogen-bond acceptors (Lipinski definition) is 4. The van der Waals surface area contributed by atoms with E-state index in [0.717, 1.165) is 0 Å². The summed E-state index contributed by atoms with van der Waals surface area (Å²) in [5.74, 6) is -3.19. The van der Waals surface area contributed by atoms with Crippen LogP contribution in [-0.4, -0.2) is 10.9 Å². The molecule has 0 radical (unpaired) electrons. The molecule has 1 aliphatic heterocycles. The molecule has 102 valence electrons. The molecule has 0 saturated carbocycles. The number of hydrogen-bond donors (Lipinski definition) is 3. The number of allylic oxidation sites excluding steroid dienone is 1. The molecule has 0 fully saturated rings. The molecule has 0 spiro atoms. The van der Waals surface area contributed by atoms with Crippen molar-refractivity contribution >= 4 is 23.1 Å². The highest BCUT2D eigenvalue weighted by atomic mass is 32.1. The van der Waals surface area contributed by atoms with E-state index in [0.29, 0.717) is 0 Å². The van der Waals surface area contributed by atoms with E-state index in [4.69, 9.17) is 23.7 Å². The summed E-state index contributed by atoms with van der Waals surface area (Å²) in [5, 5.41) is 11.8. The van der Waals surface area contributed by atoms with Crippen molar-refractivity contribution in [2.75, 3.05) is 0 Å². The number of nitrogens with two attached hydrogens (primary N) is 2. The summed E-state index contributed by atoms with van der Waals surface area (Å²) in [6, 6.07) is 7.73. The van der Waals surface area contributed by atoms with Crippen LogP contribution in [0.4, 0.5) is 4.39 Å². The summed E-state index contributed by atoms with van der Waals surface area (Å²) in [6.07, 6.45) is 0. The third kappa shape index (κ3) is 2.21. The second-order valence-corrected chi connectivity index (χ2v) is 4.75. The number of rotatable bonds is 2. The summed E-state index contributed by atoms with van der Waals surface area (Å²) < 4.78 is 14.0. The van der Waals surface area contributed by atoms with Gasteiger partial charge in [-0.1, -0.05) is 30.4 Å². The van der Waals surface area contributed by atoms with Gasteiger partial charge in [0.25, 0.3) is 0 Å². The number of benzene rings is 1. The van der Waals surface area contributed by atoms with Gasteiger partial charge in [-0.3, -0.25) is 4.79 Å². The van der Waals surface area contributed by atoms with Gasteiger partial charge in [0, 0.05) is 5.92 Å². The molecule has 1 aliphatic rings. The lowest BCUT2D eigenvalue weighted by Gasteiger charge is -2.31.